The first-order chi connectivity index (χ1) is 6.97. The van der Waals surface area contributed by atoms with Crippen LogP contribution in [0.3, 0.4) is 0 Å². The third-order valence-electron chi connectivity index (χ3n) is 2.29. The van der Waals surface area contributed by atoms with E-state index in [1.165, 1.54) is 18.3 Å². The lowest BCUT2D eigenvalue weighted by Gasteiger charge is -2.18. The summed E-state index contributed by atoms with van der Waals surface area (Å²) in [6.45, 7) is 2.49. The van der Waals surface area contributed by atoms with E-state index in [9.17, 15) is 13.2 Å². The average Bonchev–Trinajstić information content (AvgIpc) is 2.69. The summed E-state index contributed by atoms with van der Waals surface area (Å²) in [6.07, 6.45) is 1.74. The van der Waals surface area contributed by atoms with Crippen LogP contribution >= 0.6 is 0 Å². The molecule has 88 valence electrons. The second-order valence-electron chi connectivity index (χ2n) is 3.47. The van der Waals surface area contributed by atoms with Gasteiger partial charge in [0.1, 0.15) is 6.04 Å². The molecule has 1 aliphatic rings. The van der Waals surface area contributed by atoms with Gasteiger partial charge < -0.3 is 4.74 Å². The van der Waals surface area contributed by atoms with Crippen LogP contribution < -0.4 is 4.72 Å². The van der Waals surface area contributed by atoms with Crippen molar-refractivity contribution in [3.8, 4) is 0 Å². The molecule has 1 rings (SSSR count). The molecule has 1 atom stereocenters. The zero-order valence-corrected chi connectivity index (χ0v) is 9.71. The molecule has 1 aliphatic heterocycles. The van der Waals surface area contributed by atoms with E-state index in [-0.39, 0.29) is 0 Å². The van der Waals surface area contributed by atoms with Gasteiger partial charge in [-0.15, -0.1) is 0 Å². The maximum absolute atomic E-state index is 11.7. The fourth-order valence-corrected chi connectivity index (χ4v) is 2.88. The largest absolute Gasteiger partial charge is 0.468 e. The van der Waals surface area contributed by atoms with Gasteiger partial charge in [0.05, 0.1) is 7.11 Å². The van der Waals surface area contributed by atoms with Gasteiger partial charge in [0.2, 0.25) is 0 Å². The highest BCUT2D eigenvalue weighted by molar-refractivity contribution is 7.87. The second kappa shape index (κ2) is 4.91. The zero-order chi connectivity index (χ0) is 11.5. The van der Waals surface area contributed by atoms with Crippen LogP contribution in [0, 0.1) is 0 Å². The molecule has 1 N–H and O–H groups in total. The first-order valence-corrected chi connectivity index (χ1v) is 6.26. The van der Waals surface area contributed by atoms with Crippen molar-refractivity contribution in [2.24, 2.45) is 0 Å². The van der Waals surface area contributed by atoms with E-state index in [2.05, 4.69) is 9.46 Å². The molecule has 0 aromatic carbocycles. The molecule has 0 aromatic rings. The molecule has 15 heavy (non-hydrogen) atoms. The van der Waals surface area contributed by atoms with Crippen LogP contribution in [0.2, 0.25) is 0 Å². The number of carbonyl (C=O) groups is 1. The Kier molecular flexibility index (Phi) is 4.06. The van der Waals surface area contributed by atoms with Crippen molar-refractivity contribution in [3.63, 3.8) is 0 Å². The molecule has 0 bridgehead atoms. The lowest BCUT2D eigenvalue weighted by atomic mass is 10.4. The maximum atomic E-state index is 11.7. The maximum Gasteiger partial charge on any atom is 0.323 e. The predicted octanol–water partition coefficient (Wildman–Crippen LogP) is -0.522. The second-order valence-corrected chi connectivity index (χ2v) is 5.18. The molecule has 0 saturated carbocycles. The monoisotopic (exact) mass is 236 g/mol. The summed E-state index contributed by atoms with van der Waals surface area (Å²) >= 11 is 0. The Hall–Kier alpha value is -0.660. The fraction of sp³-hybridized carbons (Fsp3) is 0.875. The molecule has 1 heterocycles. The van der Waals surface area contributed by atoms with Gasteiger partial charge in [0.15, 0.2) is 0 Å². The van der Waals surface area contributed by atoms with Crippen LogP contribution in [0.5, 0.6) is 0 Å². The number of hydrogen-bond donors (Lipinski definition) is 1. The van der Waals surface area contributed by atoms with Crippen molar-refractivity contribution < 1.29 is 17.9 Å². The van der Waals surface area contributed by atoms with E-state index < -0.39 is 22.2 Å². The Labute approximate surface area is 89.8 Å². The lowest BCUT2D eigenvalue weighted by molar-refractivity contribution is -0.142. The normalized spacial score (nSPS) is 20.1. The highest BCUT2D eigenvalue weighted by Gasteiger charge is 2.28. The number of ether oxygens (including phenoxy) is 1. The summed E-state index contributed by atoms with van der Waals surface area (Å²) in [6, 6.07) is -0.847. The van der Waals surface area contributed by atoms with Gasteiger partial charge in [0, 0.05) is 13.1 Å². The minimum absolute atomic E-state index is 0.517. The first-order valence-electron chi connectivity index (χ1n) is 4.82. The van der Waals surface area contributed by atoms with Crippen molar-refractivity contribution in [2.45, 2.75) is 25.8 Å². The molecular formula is C8H16N2O4S. The summed E-state index contributed by atoms with van der Waals surface area (Å²) in [5.41, 5.74) is 0. The number of nitrogens with one attached hydrogen (secondary N) is 1. The van der Waals surface area contributed by atoms with Crippen LogP contribution in [0.15, 0.2) is 0 Å². The molecule has 6 nitrogen and oxygen atoms in total. The molecule has 0 aliphatic carbocycles. The number of methoxy groups -OCH3 is 1. The van der Waals surface area contributed by atoms with E-state index >= 15 is 0 Å². The van der Waals surface area contributed by atoms with Crippen LogP contribution in [-0.2, 0) is 19.7 Å². The third kappa shape index (κ3) is 3.15. The summed E-state index contributed by atoms with van der Waals surface area (Å²) in [4.78, 5) is 11.0. The Morgan fingerprint density at radius 3 is 2.40 bits per heavy atom. The lowest BCUT2D eigenvalue weighted by Crippen LogP contribution is -2.46. The van der Waals surface area contributed by atoms with Crippen LogP contribution in [0.4, 0.5) is 0 Å². The summed E-state index contributed by atoms with van der Waals surface area (Å²) in [5, 5.41) is 0. The SMILES string of the molecule is COC(=O)C(C)NS(=O)(=O)N1CCCC1. The van der Waals surface area contributed by atoms with Gasteiger partial charge >= 0.3 is 5.97 Å². The molecule has 0 amide bonds. The number of esters is 1. The van der Waals surface area contributed by atoms with Crippen molar-refractivity contribution >= 4 is 16.2 Å². The number of carbonyl (C=O) groups excluding carboxylic acids is 1. The van der Waals surface area contributed by atoms with E-state index in [0.717, 1.165) is 12.8 Å². The highest BCUT2D eigenvalue weighted by atomic mass is 32.2. The molecule has 1 saturated heterocycles. The molecular weight excluding hydrogens is 220 g/mol. The first kappa shape index (κ1) is 12.4. The molecule has 0 spiro atoms. The highest BCUT2D eigenvalue weighted by Crippen LogP contribution is 2.11. The van der Waals surface area contributed by atoms with Gasteiger partial charge in [-0.05, 0) is 19.8 Å². The van der Waals surface area contributed by atoms with Gasteiger partial charge in [-0.25, -0.2) is 0 Å². The summed E-state index contributed by atoms with van der Waals surface area (Å²) < 4.78 is 31.4. The molecule has 1 fully saturated rings. The smallest absolute Gasteiger partial charge is 0.323 e. The van der Waals surface area contributed by atoms with Crippen LogP contribution in [-0.4, -0.2) is 44.9 Å². The Balaban J connectivity index is 2.59. The van der Waals surface area contributed by atoms with Gasteiger partial charge in [-0.2, -0.15) is 17.4 Å². The van der Waals surface area contributed by atoms with E-state index in [1.54, 1.807) is 0 Å². The Morgan fingerprint density at radius 1 is 1.40 bits per heavy atom. The van der Waals surface area contributed by atoms with Crippen molar-refractivity contribution in [1.82, 2.24) is 9.03 Å². The van der Waals surface area contributed by atoms with Crippen molar-refractivity contribution in [3.05, 3.63) is 0 Å². The van der Waals surface area contributed by atoms with Crippen molar-refractivity contribution in [2.75, 3.05) is 20.2 Å². The number of nitrogens with zero attached hydrogens (tertiary/aromatic N) is 1. The summed E-state index contributed by atoms with van der Waals surface area (Å²) in [5.74, 6) is -0.585. The van der Waals surface area contributed by atoms with E-state index in [4.69, 9.17) is 0 Å². The standard InChI is InChI=1S/C8H16N2O4S/c1-7(8(11)14-2)9-15(12,13)10-5-3-4-6-10/h7,9H,3-6H2,1-2H3. The van der Waals surface area contributed by atoms with Crippen molar-refractivity contribution in [1.29, 1.82) is 0 Å². The number of hydrogen-bond acceptors (Lipinski definition) is 4. The van der Waals surface area contributed by atoms with Gasteiger partial charge in [-0.1, -0.05) is 0 Å². The summed E-state index contributed by atoms with van der Waals surface area (Å²) in [7, 11) is -2.31. The van der Waals surface area contributed by atoms with E-state index in [0.29, 0.717) is 13.1 Å². The predicted molar refractivity (Wildman–Crippen MR) is 54.3 cm³/mol. The van der Waals surface area contributed by atoms with Gasteiger partial charge in [-0.3, -0.25) is 4.79 Å². The van der Waals surface area contributed by atoms with Gasteiger partial charge in [0.25, 0.3) is 10.2 Å². The average molecular weight is 236 g/mol. The topological polar surface area (TPSA) is 75.7 Å². The Morgan fingerprint density at radius 2 is 1.93 bits per heavy atom. The Bertz CT molecular complexity index is 322. The van der Waals surface area contributed by atoms with Crippen LogP contribution in [0.1, 0.15) is 19.8 Å². The van der Waals surface area contributed by atoms with E-state index in [1.807, 2.05) is 0 Å². The number of rotatable bonds is 4. The molecule has 1 unspecified atom stereocenters. The molecule has 0 aromatic heterocycles. The quantitative estimate of drug-likeness (QED) is 0.666. The third-order valence-corrected chi connectivity index (χ3v) is 3.98. The fourth-order valence-electron chi connectivity index (χ4n) is 1.45. The minimum Gasteiger partial charge on any atom is -0.468 e. The zero-order valence-electron chi connectivity index (χ0n) is 8.89. The molecule has 7 heteroatoms. The minimum atomic E-state index is -3.53. The van der Waals surface area contributed by atoms with Crippen LogP contribution in [0.25, 0.3) is 0 Å². The molecule has 0 radical (unpaired) electrons.